The Morgan fingerprint density at radius 3 is 2.39 bits per heavy atom. The van der Waals surface area contributed by atoms with Crippen molar-refractivity contribution in [3.8, 4) is 11.5 Å². The predicted octanol–water partition coefficient (Wildman–Crippen LogP) is 4.71. The van der Waals surface area contributed by atoms with Crippen LogP contribution in [-0.2, 0) is 18.5 Å². The van der Waals surface area contributed by atoms with Gasteiger partial charge in [-0.25, -0.2) is 4.98 Å². The molecule has 1 saturated heterocycles. The lowest BCUT2D eigenvalue weighted by Crippen LogP contribution is -2.46. The van der Waals surface area contributed by atoms with Gasteiger partial charge >= 0.3 is 0 Å². The van der Waals surface area contributed by atoms with Crippen LogP contribution in [0.3, 0.4) is 0 Å². The number of carbonyl (C=O) groups is 1. The number of ether oxygens (including phenoxy) is 2. The molecule has 2 heterocycles. The van der Waals surface area contributed by atoms with Crippen molar-refractivity contribution in [2.75, 3.05) is 45.3 Å². The van der Waals surface area contributed by atoms with E-state index < -0.39 is 0 Å². The van der Waals surface area contributed by atoms with Gasteiger partial charge in [0.1, 0.15) is 0 Å². The first kappa shape index (κ1) is 26.0. The van der Waals surface area contributed by atoms with Gasteiger partial charge in [-0.05, 0) is 23.8 Å². The number of carbonyl (C=O) groups excluding carboxylic acids is 1. The summed E-state index contributed by atoms with van der Waals surface area (Å²) in [5.74, 6) is 1.53. The number of methoxy groups -OCH3 is 2. The smallest absolute Gasteiger partial charge is 0.253 e. The molecule has 0 aliphatic carbocycles. The van der Waals surface area contributed by atoms with Gasteiger partial charge in [0.15, 0.2) is 16.6 Å². The normalized spacial score (nSPS) is 14.0. The van der Waals surface area contributed by atoms with Gasteiger partial charge in [-0.1, -0.05) is 45.0 Å². The Balaban J connectivity index is 1.59. The van der Waals surface area contributed by atoms with E-state index in [9.17, 15) is 4.79 Å². The zero-order chi connectivity index (χ0) is 25.7. The highest BCUT2D eigenvalue weighted by molar-refractivity contribution is 7.13. The number of hydrogen-bond donors (Lipinski definition) is 1. The molecule has 1 amide bonds. The van der Waals surface area contributed by atoms with Crippen LogP contribution < -0.4 is 19.7 Å². The summed E-state index contributed by atoms with van der Waals surface area (Å²) < 4.78 is 11.2. The number of thiazole rings is 1. The summed E-state index contributed by atoms with van der Waals surface area (Å²) in [4.78, 5) is 22.0. The average molecular weight is 509 g/mol. The molecular weight excluding hydrogens is 472 g/mol. The van der Waals surface area contributed by atoms with Crippen LogP contribution in [0.15, 0.2) is 47.8 Å². The van der Waals surface area contributed by atoms with Gasteiger partial charge in [-0.15, -0.1) is 11.3 Å². The van der Waals surface area contributed by atoms with Crippen LogP contribution >= 0.6 is 11.3 Å². The number of nitrogens with one attached hydrogen (secondary N) is 1. The first-order valence-electron chi connectivity index (χ1n) is 12.3. The van der Waals surface area contributed by atoms with Crippen LogP contribution in [-0.4, -0.2) is 56.2 Å². The fourth-order valence-corrected chi connectivity index (χ4v) is 5.31. The number of piperazine rings is 1. The summed E-state index contributed by atoms with van der Waals surface area (Å²) in [7, 11) is 3.32. The SMILES string of the molecule is COc1cccc(CN(Cc2ccc(C(=O)N3CCNCC3)cc2)c2nc(C(C)(C)C)cs2)c1OC. The van der Waals surface area contributed by atoms with E-state index in [1.165, 1.54) is 0 Å². The number of amides is 1. The number of anilines is 1. The third kappa shape index (κ3) is 5.99. The molecule has 192 valence electrons. The summed E-state index contributed by atoms with van der Waals surface area (Å²) in [5, 5.41) is 6.38. The maximum atomic E-state index is 12.9. The molecule has 0 saturated carbocycles. The van der Waals surface area contributed by atoms with Crippen molar-refractivity contribution in [3.05, 3.63) is 70.2 Å². The van der Waals surface area contributed by atoms with Crippen molar-refractivity contribution in [2.24, 2.45) is 0 Å². The van der Waals surface area contributed by atoms with Crippen LogP contribution in [0.25, 0.3) is 0 Å². The van der Waals surface area contributed by atoms with Gasteiger partial charge < -0.3 is 24.6 Å². The van der Waals surface area contributed by atoms with Gasteiger partial charge in [0.25, 0.3) is 5.91 Å². The monoisotopic (exact) mass is 508 g/mol. The summed E-state index contributed by atoms with van der Waals surface area (Å²) in [6, 6.07) is 13.9. The van der Waals surface area contributed by atoms with E-state index >= 15 is 0 Å². The van der Waals surface area contributed by atoms with Crippen molar-refractivity contribution in [1.29, 1.82) is 0 Å². The maximum Gasteiger partial charge on any atom is 0.253 e. The molecule has 0 bridgehead atoms. The first-order chi connectivity index (χ1) is 17.3. The zero-order valence-electron chi connectivity index (χ0n) is 21.8. The Labute approximate surface area is 218 Å². The molecule has 4 rings (SSSR count). The van der Waals surface area contributed by atoms with Crippen molar-refractivity contribution in [2.45, 2.75) is 39.3 Å². The van der Waals surface area contributed by atoms with Crippen LogP contribution in [0.5, 0.6) is 11.5 Å². The van der Waals surface area contributed by atoms with Crippen molar-refractivity contribution in [3.63, 3.8) is 0 Å². The van der Waals surface area contributed by atoms with Gasteiger partial charge in [0.2, 0.25) is 0 Å². The second-order valence-corrected chi connectivity index (χ2v) is 10.8. The molecule has 0 unspecified atom stereocenters. The Morgan fingerprint density at radius 2 is 1.78 bits per heavy atom. The van der Waals surface area contributed by atoms with Crippen molar-refractivity contribution in [1.82, 2.24) is 15.2 Å². The number of rotatable bonds is 8. The van der Waals surface area contributed by atoms with Gasteiger partial charge in [0.05, 0.1) is 19.9 Å². The third-order valence-electron chi connectivity index (χ3n) is 6.36. The highest BCUT2D eigenvalue weighted by Crippen LogP contribution is 2.35. The highest BCUT2D eigenvalue weighted by Gasteiger charge is 2.22. The van der Waals surface area contributed by atoms with E-state index in [1.807, 2.05) is 41.3 Å². The van der Waals surface area contributed by atoms with E-state index in [0.29, 0.717) is 18.8 Å². The van der Waals surface area contributed by atoms with E-state index in [2.05, 4.69) is 42.4 Å². The number of nitrogens with zero attached hydrogens (tertiary/aromatic N) is 3. The molecule has 8 heteroatoms. The molecule has 1 aliphatic heterocycles. The molecular formula is C28H36N4O3S. The summed E-state index contributed by atoms with van der Waals surface area (Å²) in [6.07, 6.45) is 0. The predicted molar refractivity (Wildman–Crippen MR) is 145 cm³/mol. The van der Waals surface area contributed by atoms with Crippen LogP contribution in [0.2, 0.25) is 0 Å². The minimum atomic E-state index is -0.0277. The largest absolute Gasteiger partial charge is 0.493 e. The quantitative estimate of drug-likeness (QED) is 0.475. The van der Waals surface area contributed by atoms with E-state index in [4.69, 9.17) is 14.5 Å². The van der Waals surface area contributed by atoms with Gasteiger partial charge in [-0.3, -0.25) is 4.79 Å². The lowest BCUT2D eigenvalue weighted by Gasteiger charge is -2.27. The van der Waals surface area contributed by atoms with Crippen LogP contribution in [0, 0.1) is 0 Å². The van der Waals surface area contributed by atoms with Crippen LogP contribution in [0.1, 0.15) is 48.0 Å². The topological polar surface area (TPSA) is 66.9 Å². The first-order valence-corrected chi connectivity index (χ1v) is 13.2. The summed E-state index contributed by atoms with van der Waals surface area (Å²) >= 11 is 1.65. The molecule has 0 radical (unpaired) electrons. The third-order valence-corrected chi connectivity index (χ3v) is 7.26. The van der Waals surface area contributed by atoms with Gasteiger partial charge in [-0.2, -0.15) is 0 Å². The molecule has 7 nitrogen and oxygen atoms in total. The Bertz CT molecular complexity index is 1160. The van der Waals surface area contributed by atoms with Gasteiger partial charge in [0, 0.05) is 61.2 Å². The molecule has 1 fully saturated rings. The molecule has 1 N–H and O–H groups in total. The Morgan fingerprint density at radius 1 is 1.06 bits per heavy atom. The molecule has 0 atom stereocenters. The zero-order valence-corrected chi connectivity index (χ0v) is 22.7. The van der Waals surface area contributed by atoms with Crippen molar-refractivity contribution < 1.29 is 14.3 Å². The Kier molecular flexibility index (Phi) is 8.16. The lowest BCUT2D eigenvalue weighted by atomic mass is 9.93. The second kappa shape index (κ2) is 11.3. The lowest BCUT2D eigenvalue weighted by molar-refractivity contribution is 0.0736. The highest BCUT2D eigenvalue weighted by atomic mass is 32.1. The minimum Gasteiger partial charge on any atom is -0.493 e. The number of hydrogen-bond acceptors (Lipinski definition) is 7. The average Bonchev–Trinajstić information content (AvgIpc) is 3.40. The number of benzene rings is 2. The number of aromatic nitrogens is 1. The molecule has 2 aromatic carbocycles. The van der Waals surface area contributed by atoms with E-state index in [1.54, 1.807) is 25.6 Å². The maximum absolute atomic E-state index is 12.9. The standard InChI is InChI=1S/C28H36N4O3S/c1-28(2,3)24-19-36-27(30-24)32(18-22-7-6-8-23(34-4)25(22)35-5)17-20-9-11-21(12-10-20)26(33)31-15-13-29-14-16-31/h6-12,19,29H,13-18H2,1-5H3. The second-order valence-electron chi connectivity index (χ2n) is 10.0. The molecule has 1 aromatic heterocycles. The van der Waals surface area contributed by atoms with Crippen molar-refractivity contribution >= 4 is 22.4 Å². The summed E-state index contributed by atoms with van der Waals surface area (Å²) in [5.41, 5.74) is 3.91. The molecule has 1 aliphatic rings. The van der Waals surface area contributed by atoms with E-state index in [-0.39, 0.29) is 11.3 Å². The minimum absolute atomic E-state index is 0.0277. The number of para-hydroxylation sites is 1. The molecule has 3 aromatic rings. The van der Waals surface area contributed by atoms with E-state index in [0.717, 1.165) is 59.4 Å². The van der Waals surface area contributed by atoms with Crippen LogP contribution in [0.4, 0.5) is 5.13 Å². The summed E-state index contributed by atoms with van der Waals surface area (Å²) in [6.45, 7) is 11.0. The molecule has 36 heavy (non-hydrogen) atoms. The Hall–Kier alpha value is -3.10. The fraction of sp³-hybridized carbons (Fsp3) is 0.429. The fourth-order valence-electron chi connectivity index (χ4n) is 4.25. The molecule has 0 spiro atoms.